The van der Waals surface area contributed by atoms with Gasteiger partial charge in [-0.05, 0) is 67.6 Å². The quantitative estimate of drug-likeness (QED) is 0.0990. The van der Waals surface area contributed by atoms with Crippen molar-refractivity contribution in [1.29, 1.82) is 0 Å². The van der Waals surface area contributed by atoms with Crippen LogP contribution in [0.5, 0.6) is 46.0 Å². The lowest BCUT2D eigenvalue weighted by atomic mass is 10.3. The zero-order valence-corrected chi connectivity index (χ0v) is 30.7. The van der Waals surface area contributed by atoms with Crippen LogP contribution in [0.2, 0.25) is 0 Å². The summed E-state index contributed by atoms with van der Waals surface area (Å²) < 4.78 is 54.8. The van der Waals surface area contributed by atoms with Crippen molar-refractivity contribution in [3.05, 3.63) is 170 Å². The molecule has 6 rings (SSSR count). The van der Waals surface area contributed by atoms with Crippen LogP contribution in [0.15, 0.2) is 184 Å². The number of phenolic OH excluding ortho intramolecular Hbond substituents is 2. The minimum atomic E-state index is -4.09. The van der Waals surface area contributed by atoms with Crippen molar-refractivity contribution in [2.75, 3.05) is 6.54 Å². The summed E-state index contributed by atoms with van der Waals surface area (Å²) in [5, 5.41) is 20.6. The zero-order valence-electron chi connectivity index (χ0n) is 28.0. The Balaban J connectivity index is 1.66. The molecular formula is C38H36N3O8P3. The van der Waals surface area contributed by atoms with E-state index in [1.54, 1.807) is 72.8 Å². The van der Waals surface area contributed by atoms with Crippen LogP contribution in [0.3, 0.4) is 0 Å². The summed E-state index contributed by atoms with van der Waals surface area (Å²) in [6.45, 7) is 2.11. The third kappa shape index (κ3) is 10.5. The van der Waals surface area contributed by atoms with Gasteiger partial charge >= 0.3 is 23.5 Å². The third-order valence-corrected chi connectivity index (χ3v) is 13.4. The number of nitrogens with zero attached hydrogens (tertiary/aromatic N) is 3. The molecule has 6 aromatic rings. The molecule has 1 atom stereocenters. The fraction of sp³-hybridized carbons (Fsp3) is 0.0526. The summed E-state index contributed by atoms with van der Waals surface area (Å²) in [7, 11) is -10.8. The van der Waals surface area contributed by atoms with Gasteiger partial charge in [-0.25, -0.2) is 4.74 Å². The maximum Gasteiger partial charge on any atom is 0.459 e. The molecule has 0 aliphatic rings. The predicted octanol–water partition coefficient (Wildman–Crippen LogP) is 12.0. The lowest BCUT2D eigenvalue weighted by Crippen LogP contribution is -2.05. The second-order valence-electron chi connectivity index (χ2n) is 10.7. The SMILES string of the molecule is CCN=P(N=P(/N=[PH](/Oc1ccccc1)Oc1cc(O)cc(O)c1)(Oc1ccccc1)Oc1ccccc1)(Oc1ccccc1)Oc1ccccc1. The van der Waals surface area contributed by atoms with Gasteiger partial charge in [-0.15, -0.1) is 4.52 Å². The first-order valence-electron chi connectivity index (χ1n) is 16.1. The average Bonchev–Trinajstić information content (AvgIpc) is 3.13. The molecule has 52 heavy (non-hydrogen) atoms. The lowest BCUT2D eigenvalue weighted by Gasteiger charge is -2.27. The summed E-state index contributed by atoms with van der Waals surface area (Å²) >= 11 is 0. The van der Waals surface area contributed by atoms with E-state index in [1.807, 2.05) is 85.8 Å². The highest BCUT2D eigenvalue weighted by atomic mass is 31.2. The summed E-state index contributed by atoms with van der Waals surface area (Å²) in [6, 6.07) is 49.0. The van der Waals surface area contributed by atoms with Crippen molar-refractivity contribution >= 4 is 23.5 Å². The molecule has 0 bridgehead atoms. The molecule has 0 spiro atoms. The Morgan fingerprint density at radius 3 is 1.19 bits per heavy atom. The largest absolute Gasteiger partial charge is 0.508 e. The normalized spacial score (nSPS) is 11.9. The second-order valence-corrected chi connectivity index (χ2v) is 16.1. The zero-order chi connectivity index (χ0) is 36.1. The van der Waals surface area contributed by atoms with Crippen molar-refractivity contribution in [2.45, 2.75) is 6.92 Å². The maximum atomic E-state index is 10.3. The molecule has 14 heteroatoms. The predicted molar refractivity (Wildman–Crippen MR) is 206 cm³/mol. The molecule has 0 amide bonds. The van der Waals surface area contributed by atoms with Crippen LogP contribution in [0.1, 0.15) is 6.92 Å². The Bertz CT molecular complexity index is 2070. The monoisotopic (exact) mass is 755 g/mol. The molecule has 0 heterocycles. The highest BCUT2D eigenvalue weighted by Crippen LogP contribution is 2.68. The van der Waals surface area contributed by atoms with E-state index in [0.717, 1.165) is 0 Å². The minimum absolute atomic E-state index is 0.0870. The molecule has 11 nitrogen and oxygen atoms in total. The lowest BCUT2D eigenvalue weighted by molar-refractivity contribution is 0.441. The molecule has 1 unspecified atom stereocenters. The van der Waals surface area contributed by atoms with Crippen LogP contribution in [0, 0.1) is 0 Å². The van der Waals surface area contributed by atoms with Gasteiger partial charge in [0.1, 0.15) is 46.0 Å². The highest BCUT2D eigenvalue weighted by molar-refractivity contribution is 7.70. The second kappa shape index (κ2) is 17.6. The van der Waals surface area contributed by atoms with E-state index in [9.17, 15) is 10.2 Å². The van der Waals surface area contributed by atoms with Gasteiger partial charge in [-0.3, -0.25) is 0 Å². The number of rotatable bonds is 15. The molecule has 6 aromatic carbocycles. The minimum Gasteiger partial charge on any atom is -0.508 e. The fourth-order valence-electron chi connectivity index (χ4n) is 4.54. The Kier molecular flexibility index (Phi) is 12.2. The molecule has 266 valence electrons. The maximum absolute atomic E-state index is 10.3. The Labute approximate surface area is 303 Å². The summed E-state index contributed by atoms with van der Waals surface area (Å²) in [4.78, 5) is 0. The van der Waals surface area contributed by atoms with Crippen molar-refractivity contribution in [2.24, 2.45) is 13.8 Å². The number of benzene rings is 6. The number of hydrogen-bond acceptors (Lipinski definition) is 9. The molecular weight excluding hydrogens is 719 g/mol. The molecule has 0 radical (unpaired) electrons. The average molecular weight is 756 g/mol. The van der Waals surface area contributed by atoms with E-state index >= 15 is 0 Å². The van der Waals surface area contributed by atoms with Crippen LogP contribution in [-0.4, -0.2) is 16.8 Å². The number of para-hydroxylation sites is 5. The summed E-state index contributed by atoms with van der Waals surface area (Å²) in [6.07, 6.45) is 0. The van der Waals surface area contributed by atoms with Gasteiger partial charge in [0.25, 0.3) is 0 Å². The van der Waals surface area contributed by atoms with Gasteiger partial charge in [0.2, 0.25) is 0 Å². The van der Waals surface area contributed by atoms with Gasteiger partial charge in [-0.2, -0.15) is 0 Å². The molecule has 0 aromatic heterocycles. The topological polar surface area (TPSA) is 133 Å². The van der Waals surface area contributed by atoms with Crippen LogP contribution in [0.4, 0.5) is 0 Å². The summed E-state index contributed by atoms with van der Waals surface area (Å²) in [5.41, 5.74) is 0. The number of phenols is 2. The molecule has 0 fully saturated rings. The highest BCUT2D eigenvalue weighted by Gasteiger charge is 2.37. The fourth-order valence-corrected chi connectivity index (χ4v) is 11.3. The van der Waals surface area contributed by atoms with Gasteiger partial charge in [-0.1, -0.05) is 95.5 Å². The van der Waals surface area contributed by atoms with Crippen LogP contribution < -0.4 is 27.1 Å². The number of hydrogen-bond donors (Lipinski definition) is 2. The van der Waals surface area contributed by atoms with Gasteiger partial charge in [0, 0.05) is 24.7 Å². The van der Waals surface area contributed by atoms with E-state index in [4.69, 9.17) is 40.9 Å². The van der Waals surface area contributed by atoms with Crippen molar-refractivity contribution in [1.82, 2.24) is 0 Å². The first-order valence-corrected chi connectivity index (χ1v) is 20.5. The van der Waals surface area contributed by atoms with Crippen molar-refractivity contribution < 1.29 is 37.4 Å². The van der Waals surface area contributed by atoms with E-state index < -0.39 is 23.5 Å². The first kappa shape index (κ1) is 36.2. The van der Waals surface area contributed by atoms with Crippen LogP contribution in [0.25, 0.3) is 0 Å². The Morgan fingerprint density at radius 1 is 0.462 bits per heavy atom. The Hall–Kier alpha value is -5.59. The molecule has 0 saturated carbocycles. The van der Waals surface area contributed by atoms with E-state index in [1.165, 1.54) is 18.2 Å². The summed E-state index contributed by atoms with van der Waals surface area (Å²) in [5.74, 6) is 1.73. The smallest absolute Gasteiger partial charge is 0.459 e. The van der Waals surface area contributed by atoms with Crippen LogP contribution in [-0.2, 0) is 0 Å². The molecule has 2 N–H and O–H groups in total. The van der Waals surface area contributed by atoms with Crippen LogP contribution >= 0.6 is 23.5 Å². The van der Waals surface area contributed by atoms with E-state index in [0.29, 0.717) is 28.7 Å². The van der Waals surface area contributed by atoms with Crippen molar-refractivity contribution in [3.8, 4) is 46.0 Å². The van der Waals surface area contributed by atoms with Gasteiger partial charge in [0.05, 0.1) is 0 Å². The molecule has 0 aliphatic heterocycles. The first-order chi connectivity index (χ1) is 25.4. The van der Waals surface area contributed by atoms with Crippen molar-refractivity contribution in [3.63, 3.8) is 0 Å². The van der Waals surface area contributed by atoms with Gasteiger partial charge in [0.15, 0.2) is 0 Å². The molecule has 0 saturated heterocycles. The Morgan fingerprint density at radius 2 is 0.808 bits per heavy atom. The van der Waals surface area contributed by atoms with E-state index in [-0.39, 0.29) is 23.8 Å². The standard InChI is InChI=1S/C38H36N3O8P3/c1-2-39-51(46-34-20-10-4-11-21-34,47-35-22-12-5-13-23-35)41-52(48-36-24-14-6-15-25-36,49-37-26-16-7-17-27-37)40-50(44-33-18-8-3-9-19-33)45-38-29-31(42)28-32(43)30-38/h3-30,42-43,50H,2H2,1H3. The molecule has 0 aliphatic carbocycles. The van der Waals surface area contributed by atoms with Gasteiger partial charge < -0.3 is 37.4 Å². The van der Waals surface area contributed by atoms with E-state index in [2.05, 4.69) is 0 Å². The number of aromatic hydroxyl groups is 2. The third-order valence-electron chi connectivity index (χ3n) is 6.65.